The van der Waals surface area contributed by atoms with Gasteiger partial charge in [0.05, 0.1) is 5.56 Å². The summed E-state index contributed by atoms with van der Waals surface area (Å²) in [5.74, 6) is -0.452. The van der Waals surface area contributed by atoms with Crippen LogP contribution in [0.2, 0.25) is 0 Å². The normalized spacial score (nSPS) is 12.1. The van der Waals surface area contributed by atoms with E-state index in [2.05, 4.69) is 6.92 Å². The average molecular weight is 252 g/mol. The van der Waals surface area contributed by atoms with Gasteiger partial charge in [-0.25, -0.2) is 9.18 Å². The fraction of sp³-hybridized carbons (Fsp3) is 0.533. The number of benzene rings is 1. The van der Waals surface area contributed by atoms with E-state index in [1.54, 1.807) is 24.3 Å². The highest BCUT2D eigenvalue weighted by molar-refractivity contribution is 5.89. The number of hydrogen-bond donors (Lipinski definition) is 0. The van der Waals surface area contributed by atoms with Gasteiger partial charge in [0, 0.05) is 0 Å². The first kappa shape index (κ1) is 14.7. The molecule has 0 amide bonds. The molecule has 0 aliphatic heterocycles. The van der Waals surface area contributed by atoms with Gasteiger partial charge in [0.2, 0.25) is 0 Å². The fourth-order valence-corrected chi connectivity index (χ4v) is 1.70. The van der Waals surface area contributed by atoms with Crippen LogP contribution in [0.3, 0.4) is 0 Å². The van der Waals surface area contributed by atoms with Gasteiger partial charge in [-0.1, -0.05) is 50.8 Å². The molecule has 1 unspecified atom stereocenters. The molecule has 100 valence electrons. The summed E-state index contributed by atoms with van der Waals surface area (Å²) in [7, 11) is 0. The molecule has 2 nitrogen and oxygen atoms in total. The minimum absolute atomic E-state index is 0.139. The minimum atomic E-state index is -1.05. The zero-order valence-corrected chi connectivity index (χ0v) is 10.9. The third-order valence-corrected chi connectivity index (χ3v) is 2.78. The lowest BCUT2D eigenvalue weighted by Gasteiger charge is -2.09. The van der Waals surface area contributed by atoms with Crippen LogP contribution in [0.5, 0.6) is 0 Å². The molecule has 0 spiro atoms. The SMILES string of the molecule is CCCCCCC(F)COC(=O)c1ccccc1. The van der Waals surface area contributed by atoms with Gasteiger partial charge in [0.15, 0.2) is 0 Å². The molecule has 0 heterocycles. The van der Waals surface area contributed by atoms with Crippen molar-refractivity contribution in [1.82, 2.24) is 0 Å². The van der Waals surface area contributed by atoms with E-state index in [0.29, 0.717) is 12.0 Å². The van der Waals surface area contributed by atoms with Gasteiger partial charge in [-0.2, -0.15) is 0 Å². The molecule has 0 fully saturated rings. The molecule has 0 saturated carbocycles. The lowest BCUT2D eigenvalue weighted by Crippen LogP contribution is -2.15. The first-order valence-corrected chi connectivity index (χ1v) is 6.60. The molecule has 0 N–H and O–H groups in total. The lowest BCUT2D eigenvalue weighted by molar-refractivity contribution is 0.0389. The van der Waals surface area contributed by atoms with E-state index >= 15 is 0 Å². The Morgan fingerprint density at radius 3 is 2.61 bits per heavy atom. The first-order valence-electron chi connectivity index (χ1n) is 6.60. The lowest BCUT2D eigenvalue weighted by atomic mass is 10.1. The zero-order chi connectivity index (χ0) is 13.2. The van der Waals surface area contributed by atoms with E-state index in [4.69, 9.17) is 4.74 Å². The molecular formula is C15H21FO2. The summed E-state index contributed by atoms with van der Waals surface area (Å²) in [4.78, 5) is 11.5. The summed E-state index contributed by atoms with van der Waals surface area (Å²) in [6.45, 7) is 1.98. The first-order chi connectivity index (χ1) is 8.74. The number of halogens is 1. The van der Waals surface area contributed by atoms with E-state index in [9.17, 15) is 9.18 Å². The van der Waals surface area contributed by atoms with Gasteiger partial charge in [-0.3, -0.25) is 0 Å². The summed E-state index contributed by atoms with van der Waals surface area (Å²) in [5, 5.41) is 0. The molecule has 1 atom stereocenters. The second-order valence-electron chi connectivity index (χ2n) is 4.41. The summed E-state index contributed by atoms with van der Waals surface area (Å²) in [6.07, 6.45) is 3.61. The number of ether oxygens (including phenoxy) is 1. The molecule has 0 aromatic heterocycles. The summed E-state index contributed by atoms with van der Waals surface area (Å²) >= 11 is 0. The Morgan fingerprint density at radius 1 is 1.22 bits per heavy atom. The van der Waals surface area contributed by atoms with Gasteiger partial charge >= 0.3 is 5.97 Å². The number of alkyl halides is 1. The van der Waals surface area contributed by atoms with Crippen molar-refractivity contribution < 1.29 is 13.9 Å². The van der Waals surface area contributed by atoms with Gasteiger partial charge in [-0.15, -0.1) is 0 Å². The molecule has 0 aliphatic carbocycles. The van der Waals surface area contributed by atoms with Crippen LogP contribution < -0.4 is 0 Å². The van der Waals surface area contributed by atoms with E-state index in [0.717, 1.165) is 25.7 Å². The Hall–Kier alpha value is -1.38. The Labute approximate surface area is 108 Å². The highest BCUT2D eigenvalue weighted by Gasteiger charge is 2.11. The topological polar surface area (TPSA) is 26.3 Å². The molecule has 1 aromatic carbocycles. The number of carbonyl (C=O) groups is 1. The third kappa shape index (κ3) is 5.80. The van der Waals surface area contributed by atoms with Crippen LogP contribution in [0.1, 0.15) is 49.4 Å². The van der Waals surface area contributed by atoms with Crippen LogP contribution in [0, 0.1) is 0 Å². The standard InChI is InChI=1S/C15H21FO2/c1-2-3-4-8-11-14(16)12-18-15(17)13-9-6-5-7-10-13/h5-7,9-10,14H,2-4,8,11-12H2,1H3. The number of carbonyl (C=O) groups excluding carboxylic acids is 1. The molecule has 1 aromatic rings. The van der Waals surface area contributed by atoms with Crippen molar-refractivity contribution in [2.24, 2.45) is 0 Å². The molecule has 0 saturated heterocycles. The van der Waals surface area contributed by atoms with Crippen LogP contribution >= 0.6 is 0 Å². The van der Waals surface area contributed by atoms with Gasteiger partial charge in [-0.05, 0) is 18.6 Å². The number of rotatable bonds is 8. The fourth-order valence-electron chi connectivity index (χ4n) is 1.70. The average Bonchev–Trinajstić information content (AvgIpc) is 2.42. The van der Waals surface area contributed by atoms with Crippen molar-refractivity contribution in [3.63, 3.8) is 0 Å². The second-order valence-corrected chi connectivity index (χ2v) is 4.41. The van der Waals surface area contributed by atoms with Crippen molar-refractivity contribution in [2.45, 2.75) is 45.2 Å². The molecular weight excluding hydrogens is 231 g/mol. The summed E-state index contributed by atoms with van der Waals surface area (Å²) < 4.78 is 18.4. The maximum atomic E-state index is 13.4. The van der Waals surface area contributed by atoms with E-state index in [-0.39, 0.29) is 6.61 Å². The maximum Gasteiger partial charge on any atom is 0.338 e. The Balaban J connectivity index is 2.18. The molecule has 18 heavy (non-hydrogen) atoms. The number of esters is 1. The van der Waals surface area contributed by atoms with E-state index < -0.39 is 12.1 Å². The van der Waals surface area contributed by atoms with Crippen LogP contribution in [0.15, 0.2) is 30.3 Å². The predicted octanol–water partition coefficient (Wildman–Crippen LogP) is 4.15. The van der Waals surface area contributed by atoms with Crippen molar-refractivity contribution in [3.8, 4) is 0 Å². The van der Waals surface area contributed by atoms with Crippen LogP contribution in [-0.4, -0.2) is 18.7 Å². The van der Waals surface area contributed by atoms with Gasteiger partial charge in [0.25, 0.3) is 0 Å². The smallest absolute Gasteiger partial charge is 0.338 e. The van der Waals surface area contributed by atoms with Crippen molar-refractivity contribution in [3.05, 3.63) is 35.9 Å². The molecule has 0 bridgehead atoms. The maximum absolute atomic E-state index is 13.4. The molecule has 0 radical (unpaired) electrons. The van der Waals surface area contributed by atoms with E-state index in [1.807, 2.05) is 6.07 Å². The van der Waals surface area contributed by atoms with Crippen molar-refractivity contribution in [2.75, 3.05) is 6.61 Å². The van der Waals surface area contributed by atoms with Crippen LogP contribution in [0.25, 0.3) is 0 Å². The number of unbranched alkanes of at least 4 members (excludes halogenated alkanes) is 3. The van der Waals surface area contributed by atoms with Crippen LogP contribution in [-0.2, 0) is 4.74 Å². The Kier molecular flexibility index (Phi) is 7.07. The van der Waals surface area contributed by atoms with Gasteiger partial charge in [0.1, 0.15) is 12.8 Å². The molecule has 3 heteroatoms. The molecule has 0 aliphatic rings. The highest BCUT2D eigenvalue weighted by atomic mass is 19.1. The van der Waals surface area contributed by atoms with Crippen molar-refractivity contribution >= 4 is 5.97 Å². The summed E-state index contributed by atoms with van der Waals surface area (Å²) in [5.41, 5.74) is 0.468. The summed E-state index contributed by atoms with van der Waals surface area (Å²) in [6, 6.07) is 8.67. The monoisotopic (exact) mass is 252 g/mol. The third-order valence-electron chi connectivity index (χ3n) is 2.78. The van der Waals surface area contributed by atoms with E-state index in [1.165, 1.54) is 0 Å². The Bertz CT molecular complexity index is 338. The molecule has 1 rings (SSSR count). The minimum Gasteiger partial charge on any atom is -0.459 e. The second kappa shape index (κ2) is 8.67. The predicted molar refractivity (Wildman–Crippen MR) is 70.4 cm³/mol. The van der Waals surface area contributed by atoms with Crippen LogP contribution in [0.4, 0.5) is 4.39 Å². The zero-order valence-electron chi connectivity index (χ0n) is 10.9. The Morgan fingerprint density at radius 2 is 1.94 bits per heavy atom. The van der Waals surface area contributed by atoms with Gasteiger partial charge < -0.3 is 4.74 Å². The largest absolute Gasteiger partial charge is 0.459 e. The number of hydrogen-bond acceptors (Lipinski definition) is 2. The highest BCUT2D eigenvalue weighted by Crippen LogP contribution is 2.09. The quantitative estimate of drug-likeness (QED) is 0.513. The van der Waals surface area contributed by atoms with Crippen molar-refractivity contribution in [1.29, 1.82) is 0 Å².